The smallest absolute Gasteiger partial charge is 0.188 e. The molecular formula is C10H22IN3O2. The lowest BCUT2D eigenvalue weighted by molar-refractivity contribution is 0.117. The number of rotatable bonds is 5. The molecular weight excluding hydrogens is 321 g/mol. The van der Waals surface area contributed by atoms with Gasteiger partial charge in [-0.05, 0) is 19.8 Å². The fraction of sp³-hybridized carbons (Fsp3) is 0.900. The number of methoxy groups -OCH3 is 1. The number of aliphatic imine (C=N–C) groups is 1. The predicted octanol–water partition coefficient (Wildman–Crippen LogP) is 0.723. The topological polar surface area (TPSA) is 68.9 Å². The lowest BCUT2D eigenvalue weighted by Crippen LogP contribution is -2.41. The summed E-state index contributed by atoms with van der Waals surface area (Å²) in [6, 6.07) is 0.184. The van der Waals surface area contributed by atoms with E-state index in [1.165, 1.54) is 0 Å². The third kappa shape index (κ3) is 6.49. The second-order valence-electron chi connectivity index (χ2n) is 3.86. The minimum absolute atomic E-state index is 0. The van der Waals surface area contributed by atoms with Gasteiger partial charge >= 0.3 is 0 Å². The van der Waals surface area contributed by atoms with Crippen molar-refractivity contribution in [2.75, 3.05) is 26.9 Å². The van der Waals surface area contributed by atoms with Crippen molar-refractivity contribution in [1.29, 1.82) is 0 Å². The third-order valence-corrected chi connectivity index (χ3v) is 2.30. The molecule has 3 N–H and O–H groups in total. The van der Waals surface area contributed by atoms with Crippen LogP contribution in [0, 0.1) is 0 Å². The summed E-state index contributed by atoms with van der Waals surface area (Å²) in [5.41, 5.74) is 5.71. The van der Waals surface area contributed by atoms with E-state index in [2.05, 4.69) is 10.3 Å². The van der Waals surface area contributed by atoms with Gasteiger partial charge in [0.05, 0.1) is 19.3 Å². The van der Waals surface area contributed by atoms with Crippen molar-refractivity contribution in [3.05, 3.63) is 0 Å². The summed E-state index contributed by atoms with van der Waals surface area (Å²) in [7, 11) is 1.66. The van der Waals surface area contributed by atoms with Crippen LogP contribution in [0.25, 0.3) is 0 Å². The maximum absolute atomic E-state index is 5.71. The highest BCUT2D eigenvalue weighted by Crippen LogP contribution is 2.11. The molecule has 1 aliphatic rings. The molecule has 0 saturated carbocycles. The van der Waals surface area contributed by atoms with Gasteiger partial charge in [0.25, 0.3) is 0 Å². The zero-order valence-electron chi connectivity index (χ0n) is 9.94. The van der Waals surface area contributed by atoms with E-state index in [1.807, 2.05) is 6.92 Å². The van der Waals surface area contributed by atoms with Crippen molar-refractivity contribution < 1.29 is 9.47 Å². The van der Waals surface area contributed by atoms with E-state index in [1.54, 1.807) is 7.11 Å². The Balaban J connectivity index is 0.00000225. The normalized spacial score (nSPS) is 22.6. The molecule has 5 nitrogen and oxygen atoms in total. The summed E-state index contributed by atoms with van der Waals surface area (Å²) in [4.78, 5) is 4.23. The third-order valence-electron chi connectivity index (χ3n) is 2.30. The largest absolute Gasteiger partial charge is 0.383 e. The molecule has 0 aromatic carbocycles. The molecule has 0 bridgehead atoms. The van der Waals surface area contributed by atoms with E-state index in [-0.39, 0.29) is 36.1 Å². The molecule has 1 aliphatic heterocycles. The van der Waals surface area contributed by atoms with E-state index in [0.29, 0.717) is 19.1 Å². The highest BCUT2D eigenvalue weighted by Gasteiger charge is 2.14. The second kappa shape index (κ2) is 9.00. The van der Waals surface area contributed by atoms with Gasteiger partial charge in [0.1, 0.15) is 0 Å². The average Bonchev–Trinajstić information content (AvgIpc) is 2.67. The molecule has 0 aromatic heterocycles. The molecule has 2 unspecified atom stereocenters. The van der Waals surface area contributed by atoms with Crippen LogP contribution in [0.5, 0.6) is 0 Å². The average molecular weight is 343 g/mol. The van der Waals surface area contributed by atoms with Crippen LogP contribution in [0.2, 0.25) is 0 Å². The lowest BCUT2D eigenvalue weighted by atomic mass is 10.2. The van der Waals surface area contributed by atoms with Crippen molar-refractivity contribution in [3.8, 4) is 0 Å². The fourth-order valence-corrected chi connectivity index (χ4v) is 1.58. The Morgan fingerprint density at radius 2 is 2.44 bits per heavy atom. The van der Waals surface area contributed by atoms with E-state index in [0.717, 1.165) is 19.4 Å². The van der Waals surface area contributed by atoms with Crippen LogP contribution < -0.4 is 11.1 Å². The molecule has 1 rings (SSSR count). The summed E-state index contributed by atoms with van der Waals surface area (Å²) in [6.07, 6.45) is 2.47. The number of hydrogen-bond donors (Lipinski definition) is 2. The lowest BCUT2D eigenvalue weighted by Gasteiger charge is -2.13. The zero-order chi connectivity index (χ0) is 11.1. The summed E-state index contributed by atoms with van der Waals surface area (Å²) >= 11 is 0. The molecule has 1 fully saturated rings. The van der Waals surface area contributed by atoms with Gasteiger partial charge in [0, 0.05) is 19.8 Å². The Hall–Kier alpha value is -0.0800. The van der Waals surface area contributed by atoms with Crippen molar-refractivity contribution in [2.24, 2.45) is 10.7 Å². The van der Waals surface area contributed by atoms with E-state index < -0.39 is 0 Å². The Morgan fingerprint density at radius 1 is 1.69 bits per heavy atom. The van der Waals surface area contributed by atoms with E-state index >= 15 is 0 Å². The maximum Gasteiger partial charge on any atom is 0.188 e. The predicted molar refractivity (Wildman–Crippen MR) is 75.4 cm³/mol. The number of guanidine groups is 1. The van der Waals surface area contributed by atoms with Gasteiger partial charge in [-0.25, -0.2) is 0 Å². The van der Waals surface area contributed by atoms with Crippen LogP contribution in [-0.2, 0) is 9.47 Å². The quantitative estimate of drug-likeness (QED) is 0.439. The van der Waals surface area contributed by atoms with Crippen molar-refractivity contribution in [3.63, 3.8) is 0 Å². The Kier molecular flexibility index (Phi) is 8.96. The molecule has 6 heteroatoms. The fourth-order valence-electron chi connectivity index (χ4n) is 1.58. The van der Waals surface area contributed by atoms with Crippen LogP contribution >= 0.6 is 24.0 Å². The van der Waals surface area contributed by atoms with E-state index in [4.69, 9.17) is 15.2 Å². The minimum Gasteiger partial charge on any atom is -0.383 e. The second-order valence-corrected chi connectivity index (χ2v) is 3.86. The van der Waals surface area contributed by atoms with Gasteiger partial charge in [-0.1, -0.05) is 0 Å². The van der Waals surface area contributed by atoms with Gasteiger partial charge < -0.3 is 20.5 Å². The Bertz CT molecular complexity index is 208. The molecule has 0 aromatic rings. The molecule has 0 radical (unpaired) electrons. The monoisotopic (exact) mass is 343 g/mol. The van der Waals surface area contributed by atoms with Gasteiger partial charge in [0.15, 0.2) is 5.96 Å². The van der Waals surface area contributed by atoms with Crippen LogP contribution in [0.3, 0.4) is 0 Å². The van der Waals surface area contributed by atoms with E-state index in [9.17, 15) is 0 Å². The van der Waals surface area contributed by atoms with Gasteiger partial charge in [-0.15, -0.1) is 24.0 Å². The van der Waals surface area contributed by atoms with Crippen molar-refractivity contribution >= 4 is 29.9 Å². The first-order valence-corrected chi connectivity index (χ1v) is 5.39. The first kappa shape index (κ1) is 15.9. The molecule has 0 spiro atoms. The van der Waals surface area contributed by atoms with Gasteiger partial charge in [-0.2, -0.15) is 0 Å². The zero-order valence-corrected chi connectivity index (χ0v) is 12.3. The number of nitrogens with zero attached hydrogens (tertiary/aromatic N) is 1. The highest BCUT2D eigenvalue weighted by molar-refractivity contribution is 14.0. The van der Waals surface area contributed by atoms with Crippen molar-refractivity contribution in [1.82, 2.24) is 5.32 Å². The summed E-state index contributed by atoms with van der Waals surface area (Å²) in [5.74, 6) is 0.468. The van der Waals surface area contributed by atoms with Crippen LogP contribution in [0.15, 0.2) is 4.99 Å². The number of halogens is 1. The highest BCUT2D eigenvalue weighted by atomic mass is 127. The van der Waals surface area contributed by atoms with Gasteiger partial charge in [-0.3, -0.25) is 4.99 Å². The number of nitrogens with one attached hydrogen (secondary N) is 1. The Labute approximate surface area is 114 Å². The molecule has 1 heterocycles. The van der Waals surface area contributed by atoms with Crippen molar-refractivity contribution in [2.45, 2.75) is 31.9 Å². The molecule has 2 atom stereocenters. The molecule has 96 valence electrons. The van der Waals surface area contributed by atoms with Crippen LogP contribution in [-0.4, -0.2) is 45.0 Å². The summed E-state index contributed by atoms with van der Waals surface area (Å²) < 4.78 is 10.4. The molecule has 1 saturated heterocycles. The summed E-state index contributed by atoms with van der Waals surface area (Å²) in [6.45, 7) is 4.13. The minimum atomic E-state index is 0. The SMILES string of the molecule is COCC(C)NC(N)=NCC1CCCO1.I. The number of nitrogens with two attached hydrogens (primary N) is 1. The standard InChI is InChI=1S/C10H21N3O2.HI/c1-8(7-14-2)13-10(11)12-6-9-4-3-5-15-9;/h8-9H,3-7H2,1-2H3,(H3,11,12,13);1H. The molecule has 16 heavy (non-hydrogen) atoms. The maximum atomic E-state index is 5.71. The molecule has 0 aliphatic carbocycles. The summed E-state index contributed by atoms with van der Waals surface area (Å²) in [5, 5.41) is 3.05. The van der Waals surface area contributed by atoms with Crippen LogP contribution in [0.4, 0.5) is 0 Å². The van der Waals surface area contributed by atoms with Gasteiger partial charge in [0.2, 0.25) is 0 Å². The first-order chi connectivity index (χ1) is 7.22. The molecule has 0 amide bonds. The number of hydrogen-bond acceptors (Lipinski definition) is 3. The first-order valence-electron chi connectivity index (χ1n) is 5.39. The number of ether oxygens (including phenoxy) is 2. The van der Waals surface area contributed by atoms with Crippen LogP contribution in [0.1, 0.15) is 19.8 Å². The Morgan fingerprint density at radius 3 is 3.00 bits per heavy atom.